The van der Waals surface area contributed by atoms with Crippen LogP contribution in [0.15, 0.2) is 11.7 Å². The predicted molar refractivity (Wildman–Crippen MR) is 72.9 cm³/mol. The number of aromatic nitrogens is 3. The van der Waals surface area contributed by atoms with Crippen molar-refractivity contribution in [1.29, 1.82) is 0 Å². The molecular weight excluding hydrogens is 280 g/mol. The molecule has 0 saturated heterocycles. The van der Waals surface area contributed by atoms with Gasteiger partial charge in [-0.05, 0) is 13.8 Å². The monoisotopic (exact) mass is 294 g/mol. The van der Waals surface area contributed by atoms with Crippen LogP contribution in [0.5, 0.6) is 0 Å². The number of nitrogens with zero attached hydrogens (tertiary/aromatic N) is 3. The van der Waals surface area contributed by atoms with Crippen LogP contribution in [0.1, 0.15) is 44.6 Å². The summed E-state index contributed by atoms with van der Waals surface area (Å²) in [6.07, 6.45) is 1.20. The molecule has 0 aromatic carbocycles. The molecule has 0 aliphatic carbocycles. The zero-order valence-corrected chi connectivity index (χ0v) is 12.1. The lowest BCUT2D eigenvalue weighted by Crippen LogP contribution is -2.31. The number of hydrogen-bond donors (Lipinski definition) is 2. The lowest BCUT2D eigenvalue weighted by atomic mass is 10.2. The van der Waals surface area contributed by atoms with Gasteiger partial charge in [0.1, 0.15) is 5.01 Å². The number of aryl methyl sites for hydroxylation is 1. The molecule has 0 unspecified atom stereocenters. The fraction of sp³-hybridized carbons (Fsp3) is 0.333. The maximum absolute atomic E-state index is 12.3. The topological polar surface area (TPSA) is 99.2 Å². The molecule has 7 nitrogen and oxygen atoms in total. The molecule has 20 heavy (non-hydrogen) atoms. The van der Waals surface area contributed by atoms with Crippen molar-refractivity contribution in [3.63, 3.8) is 0 Å². The van der Waals surface area contributed by atoms with Gasteiger partial charge in [0.15, 0.2) is 11.4 Å². The molecule has 0 spiro atoms. The van der Waals surface area contributed by atoms with E-state index in [1.165, 1.54) is 22.6 Å². The van der Waals surface area contributed by atoms with Crippen molar-refractivity contribution in [2.24, 2.45) is 0 Å². The molecule has 2 N–H and O–H groups in total. The molecule has 106 valence electrons. The first-order valence-corrected chi connectivity index (χ1v) is 6.75. The van der Waals surface area contributed by atoms with Crippen molar-refractivity contribution in [3.05, 3.63) is 33.8 Å². The van der Waals surface area contributed by atoms with E-state index in [1.54, 1.807) is 7.05 Å². The second-order valence-electron chi connectivity index (χ2n) is 4.35. The third kappa shape index (κ3) is 2.55. The van der Waals surface area contributed by atoms with Crippen LogP contribution >= 0.6 is 11.3 Å². The van der Waals surface area contributed by atoms with Gasteiger partial charge in [-0.25, -0.2) is 14.8 Å². The van der Waals surface area contributed by atoms with Gasteiger partial charge in [0.05, 0.1) is 12.4 Å². The molecule has 0 radical (unpaired) electrons. The Bertz CT molecular complexity index is 649. The molecule has 0 fully saturated rings. The van der Waals surface area contributed by atoms with Crippen molar-refractivity contribution in [3.8, 4) is 0 Å². The van der Waals surface area contributed by atoms with E-state index in [2.05, 4.69) is 15.0 Å². The number of thiazole rings is 1. The molecule has 0 bridgehead atoms. The summed E-state index contributed by atoms with van der Waals surface area (Å²) in [6.45, 7) is 3.72. The minimum Gasteiger partial charge on any atom is -0.477 e. The van der Waals surface area contributed by atoms with Gasteiger partial charge in [-0.3, -0.25) is 4.79 Å². The lowest BCUT2D eigenvalue weighted by Gasteiger charge is -2.22. The number of imidazole rings is 1. The maximum atomic E-state index is 12.3. The van der Waals surface area contributed by atoms with Crippen LogP contribution in [0.25, 0.3) is 0 Å². The molecule has 2 rings (SSSR count). The number of carboxylic acids is 1. The summed E-state index contributed by atoms with van der Waals surface area (Å²) >= 11 is 1.46. The van der Waals surface area contributed by atoms with E-state index in [0.717, 1.165) is 10.7 Å². The zero-order valence-electron chi connectivity index (χ0n) is 11.2. The summed E-state index contributed by atoms with van der Waals surface area (Å²) in [5.74, 6) is -1.67. The molecule has 0 aliphatic rings. The number of aromatic amines is 1. The number of hydrogen-bond acceptors (Lipinski definition) is 5. The van der Waals surface area contributed by atoms with Crippen molar-refractivity contribution in [2.75, 3.05) is 7.05 Å². The molecule has 0 saturated carbocycles. The van der Waals surface area contributed by atoms with Crippen LogP contribution in [0.2, 0.25) is 0 Å². The minimum absolute atomic E-state index is 0.0971. The zero-order chi connectivity index (χ0) is 14.9. The van der Waals surface area contributed by atoms with Crippen molar-refractivity contribution >= 4 is 23.2 Å². The Morgan fingerprint density at radius 3 is 2.75 bits per heavy atom. The predicted octanol–water partition coefficient (Wildman–Crippen LogP) is 1.71. The first-order valence-electron chi connectivity index (χ1n) is 5.87. The van der Waals surface area contributed by atoms with Crippen LogP contribution in [0.3, 0.4) is 0 Å². The number of amides is 1. The Morgan fingerprint density at radius 1 is 1.50 bits per heavy atom. The summed E-state index contributed by atoms with van der Waals surface area (Å²) in [5, 5.41) is 11.7. The Labute approximate surface area is 119 Å². The highest BCUT2D eigenvalue weighted by Crippen LogP contribution is 2.24. The Morgan fingerprint density at radius 2 is 2.20 bits per heavy atom. The summed E-state index contributed by atoms with van der Waals surface area (Å²) in [4.78, 5) is 35.3. The number of aromatic carboxylic acids is 1. The van der Waals surface area contributed by atoms with Crippen LogP contribution in [0, 0.1) is 6.92 Å². The summed E-state index contributed by atoms with van der Waals surface area (Å²) < 4.78 is 0. The van der Waals surface area contributed by atoms with Crippen LogP contribution in [0.4, 0.5) is 0 Å². The SMILES string of the molecule is Cc1csc([C@H](C)N(C)C(=O)c2nc[nH]c2C(=O)O)n1. The third-order valence-electron chi connectivity index (χ3n) is 2.95. The first-order chi connectivity index (χ1) is 9.41. The number of carbonyl (C=O) groups is 2. The number of carbonyl (C=O) groups excluding carboxylic acids is 1. The maximum Gasteiger partial charge on any atom is 0.354 e. The van der Waals surface area contributed by atoms with Crippen LogP contribution in [-0.4, -0.2) is 43.9 Å². The van der Waals surface area contributed by atoms with Gasteiger partial charge >= 0.3 is 5.97 Å². The lowest BCUT2D eigenvalue weighted by molar-refractivity contribution is 0.0665. The molecule has 1 amide bonds. The molecular formula is C12H14N4O3S. The van der Waals surface area contributed by atoms with Gasteiger partial charge in [-0.1, -0.05) is 0 Å². The van der Waals surface area contributed by atoms with Crippen molar-refractivity contribution in [2.45, 2.75) is 19.9 Å². The van der Waals surface area contributed by atoms with E-state index in [-0.39, 0.29) is 17.4 Å². The second-order valence-corrected chi connectivity index (χ2v) is 5.24. The number of H-pyrrole nitrogens is 1. The van der Waals surface area contributed by atoms with Gasteiger partial charge < -0.3 is 15.0 Å². The molecule has 2 aromatic heterocycles. The summed E-state index contributed by atoms with van der Waals surface area (Å²) in [6, 6.07) is -0.250. The molecule has 0 aliphatic heterocycles. The fourth-order valence-electron chi connectivity index (χ4n) is 1.69. The van der Waals surface area contributed by atoms with E-state index in [0.29, 0.717) is 0 Å². The van der Waals surface area contributed by atoms with E-state index in [1.807, 2.05) is 19.2 Å². The third-order valence-corrected chi connectivity index (χ3v) is 4.08. The molecule has 2 heterocycles. The smallest absolute Gasteiger partial charge is 0.354 e. The van der Waals surface area contributed by atoms with Gasteiger partial charge in [0, 0.05) is 18.1 Å². The highest BCUT2D eigenvalue weighted by molar-refractivity contribution is 7.09. The Hall–Kier alpha value is -2.22. The van der Waals surface area contributed by atoms with Gasteiger partial charge in [0.25, 0.3) is 5.91 Å². The molecule has 1 atom stereocenters. The van der Waals surface area contributed by atoms with Crippen molar-refractivity contribution < 1.29 is 14.7 Å². The number of nitrogens with one attached hydrogen (secondary N) is 1. The van der Waals surface area contributed by atoms with Gasteiger partial charge in [-0.2, -0.15) is 0 Å². The highest BCUT2D eigenvalue weighted by atomic mass is 32.1. The standard InChI is InChI=1S/C12H14N4O3S/c1-6-4-20-10(15-6)7(2)16(3)11(17)8-9(12(18)19)14-5-13-8/h4-5,7H,1-3H3,(H,13,14)(H,18,19)/t7-/m0/s1. The van der Waals surface area contributed by atoms with E-state index >= 15 is 0 Å². The van der Waals surface area contributed by atoms with Gasteiger partial charge in [0.2, 0.25) is 0 Å². The average Bonchev–Trinajstić information content (AvgIpc) is 3.04. The van der Waals surface area contributed by atoms with E-state index < -0.39 is 11.9 Å². The average molecular weight is 294 g/mol. The molecule has 2 aromatic rings. The normalized spacial score (nSPS) is 12.2. The Kier molecular flexibility index (Phi) is 3.84. The van der Waals surface area contributed by atoms with Crippen molar-refractivity contribution in [1.82, 2.24) is 19.9 Å². The molecule has 8 heteroatoms. The Balaban J connectivity index is 2.24. The van der Waals surface area contributed by atoms with E-state index in [4.69, 9.17) is 5.11 Å². The largest absolute Gasteiger partial charge is 0.477 e. The summed E-state index contributed by atoms with van der Waals surface area (Å²) in [7, 11) is 1.60. The first kappa shape index (κ1) is 14.2. The van der Waals surface area contributed by atoms with Crippen LogP contribution < -0.4 is 0 Å². The summed E-state index contributed by atoms with van der Waals surface area (Å²) in [5.41, 5.74) is 0.591. The fourth-order valence-corrected chi connectivity index (χ4v) is 2.59. The minimum atomic E-state index is -1.21. The van der Waals surface area contributed by atoms with Crippen LogP contribution in [-0.2, 0) is 0 Å². The number of rotatable bonds is 4. The van der Waals surface area contributed by atoms with Gasteiger partial charge in [-0.15, -0.1) is 11.3 Å². The highest BCUT2D eigenvalue weighted by Gasteiger charge is 2.26. The second kappa shape index (κ2) is 5.41. The quantitative estimate of drug-likeness (QED) is 0.894. The van der Waals surface area contributed by atoms with E-state index in [9.17, 15) is 9.59 Å². The number of carboxylic acid groups (broad SMARTS) is 1.